The van der Waals surface area contributed by atoms with Gasteiger partial charge in [-0.2, -0.15) is 4.31 Å². The van der Waals surface area contributed by atoms with E-state index in [9.17, 15) is 13.2 Å². The Labute approximate surface area is 138 Å². The second kappa shape index (κ2) is 6.73. The van der Waals surface area contributed by atoms with Crippen molar-refractivity contribution in [3.8, 4) is 0 Å². The largest absolute Gasteiger partial charge is 0.295 e. The maximum absolute atomic E-state index is 12.5. The molecule has 0 heterocycles. The predicted octanol–water partition coefficient (Wildman–Crippen LogP) is 3.47. The van der Waals surface area contributed by atoms with Crippen LogP contribution in [0.3, 0.4) is 0 Å². The van der Waals surface area contributed by atoms with Gasteiger partial charge >= 0.3 is 0 Å². The number of benzene rings is 2. The molecule has 6 heteroatoms. The third-order valence-corrected chi connectivity index (χ3v) is 5.57. The van der Waals surface area contributed by atoms with E-state index in [1.165, 1.54) is 42.5 Å². The van der Waals surface area contributed by atoms with Crippen LogP contribution < -0.4 is 0 Å². The zero-order chi connectivity index (χ0) is 16.3. The van der Waals surface area contributed by atoms with Gasteiger partial charge in [0.25, 0.3) is 0 Å². The zero-order valence-corrected chi connectivity index (χ0v) is 14.7. The molecule has 0 amide bonds. The van der Waals surface area contributed by atoms with Crippen LogP contribution in [0.1, 0.15) is 22.8 Å². The molecule has 0 saturated carbocycles. The first-order chi connectivity index (χ1) is 10.3. The molecule has 22 heavy (non-hydrogen) atoms. The third kappa shape index (κ3) is 3.82. The standard InChI is InChI=1S/C16H16BrNO3S/c1-12(19)14-6-8-16(9-7-14)22(20,21)18(2)11-13-4-3-5-15(17)10-13/h3-10H,11H2,1-2H3. The van der Waals surface area contributed by atoms with Crippen molar-refractivity contribution in [2.24, 2.45) is 0 Å². The molecule has 0 bridgehead atoms. The molecule has 0 saturated heterocycles. The highest BCUT2D eigenvalue weighted by Crippen LogP contribution is 2.19. The van der Waals surface area contributed by atoms with Gasteiger partial charge in [-0.05, 0) is 36.8 Å². The highest BCUT2D eigenvalue weighted by Gasteiger charge is 2.21. The second-order valence-corrected chi connectivity index (χ2v) is 7.93. The fourth-order valence-electron chi connectivity index (χ4n) is 2.02. The number of carbonyl (C=O) groups is 1. The Kier molecular flexibility index (Phi) is 5.16. The van der Waals surface area contributed by atoms with Crippen LogP contribution in [0.25, 0.3) is 0 Å². The summed E-state index contributed by atoms with van der Waals surface area (Å²) in [5.74, 6) is -0.0913. The smallest absolute Gasteiger partial charge is 0.243 e. The van der Waals surface area contributed by atoms with Crippen molar-refractivity contribution in [1.29, 1.82) is 0 Å². The summed E-state index contributed by atoms with van der Waals surface area (Å²) in [6.45, 7) is 1.72. The van der Waals surface area contributed by atoms with Gasteiger partial charge in [0.15, 0.2) is 5.78 Å². The molecule has 4 nitrogen and oxygen atoms in total. The van der Waals surface area contributed by atoms with Gasteiger partial charge in [-0.15, -0.1) is 0 Å². The Balaban J connectivity index is 2.23. The summed E-state index contributed by atoms with van der Waals surface area (Å²) in [5.41, 5.74) is 1.38. The molecule has 2 aromatic rings. The van der Waals surface area contributed by atoms with Crippen LogP contribution in [0, 0.1) is 0 Å². The molecule has 2 aromatic carbocycles. The fourth-order valence-corrected chi connectivity index (χ4v) is 3.62. The Morgan fingerprint density at radius 1 is 1.14 bits per heavy atom. The van der Waals surface area contributed by atoms with Crippen LogP contribution in [0.5, 0.6) is 0 Å². The summed E-state index contributed by atoms with van der Waals surface area (Å²) in [6.07, 6.45) is 0. The Bertz CT molecular complexity index is 785. The molecule has 0 aliphatic rings. The van der Waals surface area contributed by atoms with E-state index in [0.29, 0.717) is 5.56 Å². The number of halogens is 1. The summed E-state index contributed by atoms with van der Waals surface area (Å²) in [5, 5.41) is 0. The molecule has 0 unspecified atom stereocenters. The number of Topliss-reactive ketones (excluding diaryl/α,β-unsaturated/α-hetero) is 1. The lowest BCUT2D eigenvalue weighted by atomic mass is 10.2. The minimum absolute atomic E-state index is 0.0913. The molecule has 0 N–H and O–H groups in total. The minimum Gasteiger partial charge on any atom is -0.295 e. The minimum atomic E-state index is -3.59. The van der Waals surface area contributed by atoms with E-state index in [0.717, 1.165) is 10.0 Å². The van der Waals surface area contributed by atoms with E-state index < -0.39 is 10.0 Å². The average molecular weight is 382 g/mol. The monoisotopic (exact) mass is 381 g/mol. The van der Waals surface area contributed by atoms with Gasteiger partial charge in [0.1, 0.15) is 0 Å². The van der Waals surface area contributed by atoms with Crippen LogP contribution in [-0.2, 0) is 16.6 Å². The highest BCUT2D eigenvalue weighted by molar-refractivity contribution is 9.10. The van der Waals surface area contributed by atoms with Crippen LogP contribution >= 0.6 is 15.9 Å². The first-order valence-electron chi connectivity index (χ1n) is 6.62. The summed E-state index contributed by atoms with van der Waals surface area (Å²) in [6, 6.07) is 13.5. The number of carbonyl (C=O) groups excluding carboxylic acids is 1. The van der Waals surface area contributed by atoms with E-state index in [1.54, 1.807) is 0 Å². The van der Waals surface area contributed by atoms with Crippen molar-refractivity contribution >= 4 is 31.7 Å². The average Bonchev–Trinajstić information content (AvgIpc) is 2.47. The Morgan fingerprint density at radius 3 is 2.32 bits per heavy atom. The molecular weight excluding hydrogens is 366 g/mol. The number of rotatable bonds is 5. The topological polar surface area (TPSA) is 54.5 Å². The molecule has 0 aliphatic heterocycles. The van der Waals surface area contributed by atoms with Gasteiger partial charge in [-0.25, -0.2) is 8.42 Å². The maximum Gasteiger partial charge on any atom is 0.243 e. The van der Waals surface area contributed by atoms with Crippen LogP contribution in [0.4, 0.5) is 0 Å². The molecule has 0 spiro atoms. The van der Waals surface area contributed by atoms with Gasteiger partial charge in [0.2, 0.25) is 10.0 Å². The van der Waals surface area contributed by atoms with Crippen molar-refractivity contribution in [2.75, 3.05) is 7.05 Å². The van der Waals surface area contributed by atoms with Gasteiger partial charge in [-0.3, -0.25) is 4.79 Å². The van der Waals surface area contributed by atoms with Gasteiger partial charge in [0.05, 0.1) is 4.90 Å². The molecule has 0 aliphatic carbocycles. The van der Waals surface area contributed by atoms with Crippen LogP contribution in [0.15, 0.2) is 57.9 Å². The van der Waals surface area contributed by atoms with E-state index in [2.05, 4.69) is 15.9 Å². The molecule has 0 fully saturated rings. The Morgan fingerprint density at radius 2 is 1.77 bits per heavy atom. The van der Waals surface area contributed by atoms with Crippen molar-refractivity contribution in [1.82, 2.24) is 4.31 Å². The van der Waals surface area contributed by atoms with Gasteiger partial charge in [-0.1, -0.05) is 40.2 Å². The molecule has 0 aromatic heterocycles. The quantitative estimate of drug-likeness (QED) is 0.745. The van der Waals surface area contributed by atoms with Crippen LogP contribution in [-0.4, -0.2) is 25.6 Å². The summed E-state index contributed by atoms with van der Waals surface area (Å²) >= 11 is 3.37. The Hall–Kier alpha value is -1.50. The number of nitrogens with zero attached hydrogens (tertiary/aromatic N) is 1. The second-order valence-electron chi connectivity index (χ2n) is 4.97. The number of ketones is 1. The van der Waals surface area contributed by atoms with Crippen molar-refractivity contribution in [3.05, 3.63) is 64.1 Å². The van der Waals surface area contributed by atoms with E-state index in [-0.39, 0.29) is 17.2 Å². The van der Waals surface area contributed by atoms with Crippen molar-refractivity contribution < 1.29 is 13.2 Å². The third-order valence-electron chi connectivity index (χ3n) is 3.26. The van der Waals surface area contributed by atoms with Crippen molar-refractivity contribution in [3.63, 3.8) is 0 Å². The first kappa shape index (κ1) is 16.9. The van der Waals surface area contributed by atoms with Gasteiger partial charge < -0.3 is 0 Å². The van der Waals surface area contributed by atoms with Crippen molar-refractivity contribution in [2.45, 2.75) is 18.4 Å². The zero-order valence-electron chi connectivity index (χ0n) is 12.3. The predicted molar refractivity (Wildman–Crippen MR) is 89.2 cm³/mol. The summed E-state index contributed by atoms with van der Waals surface area (Å²) in [4.78, 5) is 11.4. The lowest BCUT2D eigenvalue weighted by molar-refractivity contribution is 0.101. The summed E-state index contributed by atoms with van der Waals surface area (Å²) in [7, 11) is -2.05. The van der Waals surface area contributed by atoms with E-state index >= 15 is 0 Å². The number of sulfonamides is 1. The SMILES string of the molecule is CC(=O)c1ccc(S(=O)(=O)N(C)Cc2cccc(Br)c2)cc1. The highest BCUT2D eigenvalue weighted by atomic mass is 79.9. The fraction of sp³-hybridized carbons (Fsp3) is 0.188. The number of hydrogen-bond donors (Lipinski definition) is 0. The van der Waals surface area contributed by atoms with E-state index in [1.807, 2.05) is 24.3 Å². The van der Waals surface area contributed by atoms with Gasteiger partial charge in [0, 0.05) is 23.6 Å². The molecule has 2 rings (SSSR count). The molecule has 0 radical (unpaired) electrons. The maximum atomic E-state index is 12.5. The summed E-state index contributed by atoms with van der Waals surface area (Å²) < 4.78 is 27.3. The van der Waals surface area contributed by atoms with Crippen LogP contribution in [0.2, 0.25) is 0 Å². The first-order valence-corrected chi connectivity index (χ1v) is 8.86. The molecular formula is C16H16BrNO3S. The normalized spacial score (nSPS) is 11.6. The number of hydrogen-bond acceptors (Lipinski definition) is 3. The lowest BCUT2D eigenvalue weighted by Crippen LogP contribution is -2.26. The molecule has 0 atom stereocenters. The lowest BCUT2D eigenvalue weighted by Gasteiger charge is -2.17. The molecule has 116 valence electrons. The van der Waals surface area contributed by atoms with E-state index in [4.69, 9.17) is 0 Å².